The van der Waals surface area contributed by atoms with Gasteiger partial charge >= 0.3 is 0 Å². The molecule has 0 aliphatic carbocycles. The van der Waals surface area contributed by atoms with Crippen molar-refractivity contribution in [3.63, 3.8) is 0 Å². The molecule has 0 spiro atoms. The maximum atomic E-state index is 11.7. The summed E-state index contributed by atoms with van der Waals surface area (Å²) in [6, 6.07) is 3.43. The van der Waals surface area contributed by atoms with Crippen molar-refractivity contribution in [3.8, 4) is 0 Å². The van der Waals surface area contributed by atoms with Crippen molar-refractivity contribution >= 4 is 29.2 Å². The summed E-state index contributed by atoms with van der Waals surface area (Å²) < 4.78 is 5.00. The molecular weight excluding hydrogens is 264 g/mol. The molecule has 0 unspecified atom stereocenters. The maximum absolute atomic E-state index is 11.7. The third kappa shape index (κ3) is 3.56. The third-order valence-corrected chi connectivity index (χ3v) is 3.07. The minimum atomic E-state index is -0.413. The third-order valence-electron chi connectivity index (χ3n) is 2.37. The van der Waals surface area contributed by atoms with Crippen LogP contribution in [0.2, 0.25) is 0 Å². The fourth-order valence-electron chi connectivity index (χ4n) is 1.39. The summed E-state index contributed by atoms with van der Waals surface area (Å²) in [6.07, 6.45) is 4.44. The highest BCUT2D eigenvalue weighted by Crippen LogP contribution is 2.08. The van der Waals surface area contributed by atoms with Crippen LogP contribution < -0.4 is 10.9 Å². The van der Waals surface area contributed by atoms with Gasteiger partial charge in [-0.15, -0.1) is 0 Å². The minimum absolute atomic E-state index is 0.391. The molecule has 2 rings (SSSR count). The van der Waals surface area contributed by atoms with Gasteiger partial charge in [0.25, 0.3) is 11.8 Å². The molecule has 5 nitrogen and oxygen atoms in total. The van der Waals surface area contributed by atoms with E-state index in [1.165, 1.54) is 18.4 Å². The van der Waals surface area contributed by atoms with E-state index >= 15 is 0 Å². The Balaban J connectivity index is 1.84. The monoisotopic (exact) mass is 276 g/mol. The quantitative estimate of drug-likeness (QED) is 0.666. The van der Waals surface area contributed by atoms with E-state index in [0.29, 0.717) is 11.3 Å². The zero-order valence-corrected chi connectivity index (χ0v) is 11.0. The zero-order chi connectivity index (χ0) is 13.7. The van der Waals surface area contributed by atoms with Crippen molar-refractivity contribution in [1.29, 1.82) is 0 Å². The fourth-order valence-corrected chi connectivity index (χ4v) is 2.02. The van der Waals surface area contributed by atoms with Crippen molar-refractivity contribution in [1.82, 2.24) is 10.9 Å². The molecule has 2 aromatic heterocycles. The summed E-state index contributed by atoms with van der Waals surface area (Å²) in [4.78, 5) is 23.1. The maximum Gasteiger partial charge on any atom is 0.273 e. The van der Waals surface area contributed by atoms with Crippen LogP contribution >= 0.6 is 11.3 Å². The van der Waals surface area contributed by atoms with Gasteiger partial charge in [0, 0.05) is 6.08 Å². The van der Waals surface area contributed by atoms with E-state index in [9.17, 15) is 9.59 Å². The number of rotatable bonds is 3. The fraction of sp³-hybridized carbons (Fsp3) is 0.0769. The lowest BCUT2D eigenvalue weighted by Gasteiger charge is -2.03. The smallest absolute Gasteiger partial charge is 0.273 e. The van der Waals surface area contributed by atoms with E-state index in [0.717, 1.165) is 5.56 Å². The lowest BCUT2D eigenvalue weighted by Crippen LogP contribution is -2.40. The van der Waals surface area contributed by atoms with Gasteiger partial charge in [-0.1, -0.05) is 0 Å². The van der Waals surface area contributed by atoms with Crippen LogP contribution in [-0.4, -0.2) is 11.8 Å². The van der Waals surface area contributed by atoms with Gasteiger partial charge in [0.2, 0.25) is 0 Å². The van der Waals surface area contributed by atoms with Gasteiger partial charge in [-0.3, -0.25) is 20.4 Å². The molecule has 0 aliphatic heterocycles. The zero-order valence-electron chi connectivity index (χ0n) is 10.2. The number of hydrogen-bond acceptors (Lipinski definition) is 4. The summed E-state index contributed by atoms with van der Waals surface area (Å²) in [5.41, 5.74) is 5.94. The predicted molar refractivity (Wildman–Crippen MR) is 72.4 cm³/mol. The first-order valence-corrected chi connectivity index (χ1v) is 6.46. The van der Waals surface area contributed by atoms with Crippen LogP contribution in [0.15, 0.2) is 39.6 Å². The number of hydrazine groups is 1. The molecule has 6 heteroatoms. The van der Waals surface area contributed by atoms with E-state index in [1.54, 1.807) is 24.3 Å². The molecule has 2 heterocycles. The Morgan fingerprint density at radius 2 is 2.16 bits per heavy atom. The molecule has 2 aromatic rings. The summed E-state index contributed by atoms with van der Waals surface area (Å²) in [5, 5.41) is 3.83. The highest BCUT2D eigenvalue weighted by Gasteiger charge is 2.11. The molecule has 0 saturated carbocycles. The number of carbonyl (C=O) groups is 2. The largest absolute Gasteiger partial charge is 0.469 e. The number of nitrogens with one attached hydrogen (secondary N) is 2. The van der Waals surface area contributed by atoms with Crippen molar-refractivity contribution in [2.24, 2.45) is 0 Å². The van der Waals surface area contributed by atoms with Gasteiger partial charge in [0.15, 0.2) is 0 Å². The minimum Gasteiger partial charge on any atom is -0.469 e. The Labute approximate surface area is 113 Å². The van der Waals surface area contributed by atoms with E-state index in [4.69, 9.17) is 4.42 Å². The Hall–Kier alpha value is -2.34. The molecule has 19 heavy (non-hydrogen) atoms. The second kappa shape index (κ2) is 6.01. The van der Waals surface area contributed by atoms with Gasteiger partial charge in [-0.05, 0) is 41.5 Å². The molecule has 98 valence electrons. The van der Waals surface area contributed by atoms with E-state index in [-0.39, 0.29) is 0 Å². The highest BCUT2D eigenvalue weighted by atomic mass is 32.1. The average Bonchev–Trinajstić information content (AvgIpc) is 3.04. The van der Waals surface area contributed by atoms with Gasteiger partial charge < -0.3 is 4.42 Å². The van der Waals surface area contributed by atoms with Gasteiger partial charge in [-0.2, -0.15) is 11.3 Å². The second-order valence-corrected chi connectivity index (χ2v) is 4.50. The summed E-state index contributed by atoms with van der Waals surface area (Å²) >= 11 is 1.55. The predicted octanol–water partition coefficient (Wildman–Crippen LogP) is 2.12. The van der Waals surface area contributed by atoms with E-state index in [1.807, 2.05) is 16.8 Å². The Morgan fingerprint density at radius 3 is 2.79 bits per heavy atom. The first-order chi connectivity index (χ1) is 9.16. The Bertz CT molecular complexity index is 599. The first kappa shape index (κ1) is 13.1. The van der Waals surface area contributed by atoms with Crippen LogP contribution in [0.25, 0.3) is 6.08 Å². The highest BCUT2D eigenvalue weighted by molar-refractivity contribution is 7.08. The molecule has 0 atom stereocenters. The molecular formula is C13H12N2O3S. The van der Waals surface area contributed by atoms with E-state index < -0.39 is 11.8 Å². The topological polar surface area (TPSA) is 71.3 Å². The molecule has 0 saturated heterocycles. The van der Waals surface area contributed by atoms with Crippen molar-refractivity contribution in [2.75, 3.05) is 0 Å². The molecule has 2 N–H and O–H groups in total. The summed E-state index contributed by atoms with van der Waals surface area (Å²) in [6.45, 7) is 1.67. The Kier molecular flexibility index (Phi) is 4.15. The average molecular weight is 276 g/mol. The molecule has 0 fully saturated rings. The summed E-state index contributed by atoms with van der Waals surface area (Å²) in [5.74, 6) is -0.315. The number of hydrogen-bond donors (Lipinski definition) is 2. The number of carbonyl (C=O) groups excluding carboxylic acids is 2. The molecule has 0 bridgehead atoms. The van der Waals surface area contributed by atoms with Crippen LogP contribution in [0.5, 0.6) is 0 Å². The second-order valence-electron chi connectivity index (χ2n) is 3.72. The number of furan rings is 1. The Morgan fingerprint density at radius 1 is 1.32 bits per heavy atom. The molecule has 0 aliphatic rings. The molecule has 0 radical (unpaired) electrons. The lowest BCUT2D eigenvalue weighted by atomic mass is 10.2. The lowest BCUT2D eigenvalue weighted by molar-refractivity contribution is -0.117. The standard InChI is InChI=1S/C13H12N2O3S/c1-9-11(4-6-18-9)13(17)15-14-12(16)3-2-10-5-7-19-8-10/h2-8H,1H3,(H,14,16)(H,15,17)/b3-2+. The van der Waals surface area contributed by atoms with Crippen molar-refractivity contribution < 1.29 is 14.0 Å². The van der Waals surface area contributed by atoms with Crippen LogP contribution in [0, 0.1) is 6.92 Å². The van der Waals surface area contributed by atoms with Crippen LogP contribution in [0.1, 0.15) is 21.7 Å². The number of amides is 2. The van der Waals surface area contributed by atoms with Gasteiger partial charge in [0.1, 0.15) is 5.76 Å². The first-order valence-electron chi connectivity index (χ1n) is 5.51. The number of aryl methyl sites for hydroxylation is 1. The van der Waals surface area contributed by atoms with E-state index in [2.05, 4.69) is 10.9 Å². The van der Waals surface area contributed by atoms with Crippen molar-refractivity contribution in [3.05, 3.63) is 52.1 Å². The van der Waals surface area contributed by atoms with Gasteiger partial charge in [-0.25, -0.2) is 0 Å². The molecule has 2 amide bonds. The normalized spacial score (nSPS) is 10.6. The van der Waals surface area contributed by atoms with Crippen molar-refractivity contribution in [2.45, 2.75) is 6.92 Å². The number of thiophene rings is 1. The van der Waals surface area contributed by atoms with Gasteiger partial charge in [0.05, 0.1) is 11.8 Å². The molecule has 0 aromatic carbocycles. The van der Waals surface area contributed by atoms with Crippen LogP contribution in [0.4, 0.5) is 0 Å². The summed E-state index contributed by atoms with van der Waals surface area (Å²) in [7, 11) is 0. The van der Waals surface area contributed by atoms with Crippen LogP contribution in [0.3, 0.4) is 0 Å². The SMILES string of the molecule is Cc1occc1C(=O)NNC(=O)/C=C/c1ccsc1. The van der Waals surface area contributed by atoms with Crippen LogP contribution in [-0.2, 0) is 4.79 Å².